The van der Waals surface area contributed by atoms with E-state index in [1.165, 1.54) is 12.1 Å². The summed E-state index contributed by atoms with van der Waals surface area (Å²) in [5.74, 6) is -0.518. The maximum Gasteiger partial charge on any atom is 0.274 e. The van der Waals surface area contributed by atoms with E-state index < -0.39 is 10.7 Å². The Kier molecular flexibility index (Phi) is 4.07. The summed E-state index contributed by atoms with van der Waals surface area (Å²) in [6.45, 7) is 1.68. The van der Waals surface area contributed by atoms with Crippen LogP contribution in [0.4, 0.5) is 10.1 Å². The van der Waals surface area contributed by atoms with Crippen molar-refractivity contribution in [3.63, 3.8) is 0 Å². The van der Waals surface area contributed by atoms with Crippen molar-refractivity contribution in [3.8, 4) is 6.07 Å². The highest BCUT2D eigenvalue weighted by Crippen LogP contribution is 2.24. The number of nitro benzene ring substituents is 1. The standard InChI is InChI=1S/C13H14FN3O2/c14-12-3-4-13(17(18)19)11(6-12)9-16-5-1-2-10(7-15)8-16/h3-4,6,10H,1-2,5,8-9H2. The van der Waals surface area contributed by atoms with Gasteiger partial charge < -0.3 is 0 Å². The lowest BCUT2D eigenvalue weighted by Gasteiger charge is -2.29. The van der Waals surface area contributed by atoms with Crippen molar-refractivity contribution >= 4 is 5.69 Å². The van der Waals surface area contributed by atoms with E-state index in [9.17, 15) is 14.5 Å². The van der Waals surface area contributed by atoms with Crippen molar-refractivity contribution in [1.29, 1.82) is 5.26 Å². The fourth-order valence-corrected chi connectivity index (χ4v) is 2.40. The van der Waals surface area contributed by atoms with Crippen LogP contribution in [0.3, 0.4) is 0 Å². The maximum absolute atomic E-state index is 13.2. The second kappa shape index (κ2) is 5.76. The van der Waals surface area contributed by atoms with Gasteiger partial charge in [0.15, 0.2) is 0 Å². The van der Waals surface area contributed by atoms with Crippen molar-refractivity contribution in [2.24, 2.45) is 5.92 Å². The van der Waals surface area contributed by atoms with Crippen LogP contribution in [0.2, 0.25) is 0 Å². The highest BCUT2D eigenvalue weighted by Gasteiger charge is 2.22. The normalized spacial score (nSPS) is 19.9. The zero-order valence-electron chi connectivity index (χ0n) is 10.4. The third kappa shape index (κ3) is 3.26. The van der Waals surface area contributed by atoms with Crippen LogP contribution < -0.4 is 0 Å². The average molecular weight is 263 g/mol. The van der Waals surface area contributed by atoms with Crippen LogP contribution in [-0.2, 0) is 6.54 Å². The predicted molar refractivity (Wildman–Crippen MR) is 66.7 cm³/mol. The minimum atomic E-state index is -0.500. The molecule has 6 heteroatoms. The van der Waals surface area contributed by atoms with Gasteiger partial charge in [0.25, 0.3) is 5.69 Å². The number of hydrogen-bond donors (Lipinski definition) is 0. The van der Waals surface area contributed by atoms with Crippen LogP contribution in [0.1, 0.15) is 18.4 Å². The number of likely N-dealkylation sites (tertiary alicyclic amines) is 1. The Labute approximate surface area is 110 Å². The minimum Gasteiger partial charge on any atom is -0.298 e. The number of nitrogens with zero attached hydrogens (tertiary/aromatic N) is 3. The molecule has 1 unspecified atom stereocenters. The second-order valence-electron chi connectivity index (χ2n) is 4.73. The molecule has 1 fully saturated rings. The summed E-state index contributed by atoms with van der Waals surface area (Å²) in [7, 11) is 0. The topological polar surface area (TPSA) is 70.2 Å². The van der Waals surface area contributed by atoms with E-state index in [1.54, 1.807) is 0 Å². The predicted octanol–water partition coefficient (Wildman–Crippen LogP) is 2.47. The lowest BCUT2D eigenvalue weighted by molar-refractivity contribution is -0.385. The van der Waals surface area contributed by atoms with Crippen LogP contribution in [0.25, 0.3) is 0 Å². The molecule has 1 atom stereocenters. The Hall–Kier alpha value is -2.00. The van der Waals surface area contributed by atoms with E-state index in [2.05, 4.69) is 6.07 Å². The van der Waals surface area contributed by atoms with Crippen LogP contribution >= 0.6 is 0 Å². The minimum absolute atomic E-state index is 0.0404. The van der Waals surface area contributed by atoms with Gasteiger partial charge in [0, 0.05) is 24.7 Å². The lowest BCUT2D eigenvalue weighted by Crippen LogP contribution is -2.34. The molecule has 0 saturated carbocycles. The molecular weight excluding hydrogens is 249 g/mol. The molecule has 0 aromatic heterocycles. The number of rotatable bonds is 3. The fraction of sp³-hybridized carbons (Fsp3) is 0.462. The Morgan fingerprint density at radius 2 is 2.37 bits per heavy atom. The zero-order chi connectivity index (χ0) is 13.8. The van der Waals surface area contributed by atoms with Gasteiger partial charge in [-0.25, -0.2) is 4.39 Å². The van der Waals surface area contributed by atoms with Gasteiger partial charge in [0.2, 0.25) is 0 Å². The molecule has 2 rings (SSSR count). The van der Waals surface area contributed by atoms with Crippen LogP contribution in [0.5, 0.6) is 0 Å². The second-order valence-corrected chi connectivity index (χ2v) is 4.73. The summed E-state index contributed by atoms with van der Waals surface area (Å²) in [6, 6.07) is 5.71. The molecule has 0 radical (unpaired) electrons. The van der Waals surface area contributed by atoms with E-state index in [4.69, 9.17) is 5.26 Å². The molecule has 0 N–H and O–H groups in total. The largest absolute Gasteiger partial charge is 0.298 e. The molecule has 100 valence electrons. The van der Waals surface area contributed by atoms with Gasteiger partial charge >= 0.3 is 0 Å². The molecule has 0 spiro atoms. The molecule has 0 aliphatic carbocycles. The first kappa shape index (κ1) is 13.4. The fourth-order valence-electron chi connectivity index (χ4n) is 2.40. The van der Waals surface area contributed by atoms with E-state index >= 15 is 0 Å². The summed E-state index contributed by atoms with van der Waals surface area (Å²) >= 11 is 0. The summed E-state index contributed by atoms with van der Waals surface area (Å²) in [5, 5.41) is 19.8. The number of halogens is 1. The van der Waals surface area contributed by atoms with Crippen molar-refractivity contribution in [2.75, 3.05) is 13.1 Å². The van der Waals surface area contributed by atoms with Gasteiger partial charge in [-0.2, -0.15) is 5.26 Å². The van der Waals surface area contributed by atoms with Crippen molar-refractivity contribution < 1.29 is 9.31 Å². The Morgan fingerprint density at radius 3 is 3.05 bits per heavy atom. The number of piperidine rings is 1. The third-order valence-corrected chi connectivity index (χ3v) is 3.32. The Bertz CT molecular complexity index is 527. The van der Waals surface area contributed by atoms with E-state index in [-0.39, 0.29) is 11.6 Å². The molecule has 1 aliphatic rings. The van der Waals surface area contributed by atoms with Gasteiger partial charge in [-0.1, -0.05) is 0 Å². The maximum atomic E-state index is 13.2. The molecule has 0 amide bonds. The van der Waals surface area contributed by atoms with Crippen molar-refractivity contribution in [2.45, 2.75) is 19.4 Å². The van der Waals surface area contributed by atoms with Gasteiger partial charge in [-0.05, 0) is 31.5 Å². The number of nitriles is 1. The quantitative estimate of drug-likeness (QED) is 0.620. The molecule has 0 bridgehead atoms. The Balaban J connectivity index is 2.16. The molecule has 5 nitrogen and oxygen atoms in total. The molecule has 1 aromatic carbocycles. The van der Waals surface area contributed by atoms with Gasteiger partial charge in [-0.3, -0.25) is 15.0 Å². The third-order valence-electron chi connectivity index (χ3n) is 3.32. The Morgan fingerprint density at radius 1 is 1.58 bits per heavy atom. The molecule has 1 aromatic rings. The van der Waals surface area contributed by atoms with Crippen LogP contribution in [-0.4, -0.2) is 22.9 Å². The van der Waals surface area contributed by atoms with Gasteiger partial charge in [-0.15, -0.1) is 0 Å². The molecule has 1 saturated heterocycles. The summed E-state index contributed by atoms with van der Waals surface area (Å²) in [4.78, 5) is 12.4. The first-order chi connectivity index (χ1) is 9.10. The lowest BCUT2D eigenvalue weighted by atomic mass is 9.99. The monoisotopic (exact) mass is 263 g/mol. The summed E-state index contributed by atoms with van der Waals surface area (Å²) in [5.41, 5.74) is 0.295. The first-order valence-corrected chi connectivity index (χ1v) is 6.15. The SMILES string of the molecule is N#CC1CCCN(Cc2cc(F)ccc2[N+](=O)[O-])C1. The zero-order valence-corrected chi connectivity index (χ0v) is 10.4. The number of benzene rings is 1. The average Bonchev–Trinajstić information content (AvgIpc) is 2.38. The highest BCUT2D eigenvalue weighted by atomic mass is 19.1. The number of nitro groups is 1. The summed E-state index contributed by atoms with van der Waals surface area (Å²) in [6.07, 6.45) is 1.75. The molecule has 19 heavy (non-hydrogen) atoms. The van der Waals surface area contributed by atoms with Gasteiger partial charge in [0.05, 0.1) is 16.9 Å². The summed E-state index contributed by atoms with van der Waals surface area (Å²) < 4.78 is 13.2. The molecular formula is C13H14FN3O2. The number of hydrogen-bond acceptors (Lipinski definition) is 4. The molecule has 1 aliphatic heterocycles. The smallest absolute Gasteiger partial charge is 0.274 e. The van der Waals surface area contributed by atoms with Crippen molar-refractivity contribution in [3.05, 3.63) is 39.7 Å². The van der Waals surface area contributed by atoms with E-state index in [0.717, 1.165) is 25.5 Å². The van der Waals surface area contributed by atoms with Gasteiger partial charge in [0.1, 0.15) is 5.82 Å². The van der Waals surface area contributed by atoms with E-state index in [1.807, 2.05) is 4.90 Å². The highest BCUT2D eigenvalue weighted by molar-refractivity contribution is 5.40. The van der Waals surface area contributed by atoms with Crippen LogP contribution in [0, 0.1) is 33.2 Å². The van der Waals surface area contributed by atoms with E-state index in [0.29, 0.717) is 18.7 Å². The van der Waals surface area contributed by atoms with Crippen LogP contribution in [0.15, 0.2) is 18.2 Å². The van der Waals surface area contributed by atoms with Crippen molar-refractivity contribution in [1.82, 2.24) is 4.90 Å². The first-order valence-electron chi connectivity index (χ1n) is 6.15. The molecule has 1 heterocycles.